The molecule has 2 N–H and O–H groups in total. The molecule has 0 aliphatic carbocycles. The van der Waals surface area contributed by atoms with Crippen molar-refractivity contribution in [1.82, 2.24) is 0 Å². The van der Waals surface area contributed by atoms with Crippen LogP contribution in [0.2, 0.25) is 0 Å². The van der Waals surface area contributed by atoms with E-state index >= 15 is 0 Å². The summed E-state index contributed by atoms with van der Waals surface area (Å²) < 4.78 is 10.8. The first-order valence-corrected chi connectivity index (χ1v) is 7.81. The van der Waals surface area contributed by atoms with E-state index in [4.69, 9.17) is 14.6 Å². The summed E-state index contributed by atoms with van der Waals surface area (Å²) in [6.45, 7) is 5.94. The van der Waals surface area contributed by atoms with E-state index in [-0.39, 0.29) is 5.91 Å². The maximum Gasteiger partial charge on any atom is 0.341 e. The van der Waals surface area contributed by atoms with Gasteiger partial charge in [0, 0.05) is 12.3 Å². The first-order chi connectivity index (χ1) is 10.9. The van der Waals surface area contributed by atoms with Gasteiger partial charge in [0.1, 0.15) is 11.4 Å². The Kier molecular flexibility index (Phi) is 7.54. The number of amides is 1. The van der Waals surface area contributed by atoms with Crippen LogP contribution in [-0.2, 0) is 14.3 Å². The predicted octanol–water partition coefficient (Wildman–Crippen LogP) is 3.07. The van der Waals surface area contributed by atoms with Crippen molar-refractivity contribution in [3.05, 3.63) is 24.3 Å². The summed E-state index contributed by atoms with van der Waals surface area (Å²) >= 11 is 0. The third-order valence-corrected chi connectivity index (χ3v) is 3.31. The minimum Gasteiger partial charge on any atom is -0.482 e. The second-order valence-corrected chi connectivity index (χ2v) is 5.49. The van der Waals surface area contributed by atoms with Crippen molar-refractivity contribution in [1.29, 1.82) is 0 Å². The number of carboxylic acid groups (broad SMARTS) is 1. The number of nitrogens with one attached hydrogen (secondary N) is 1. The SMILES string of the molecule is CCCO[C@](C)(CCC)C(=O)Nc1ccc(OCC(=O)O)cc1. The third-order valence-electron chi connectivity index (χ3n) is 3.31. The molecule has 0 saturated carbocycles. The number of rotatable bonds is 10. The highest BCUT2D eigenvalue weighted by atomic mass is 16.5. The number of carboxylic acids is 1. The topological polar surface area (TPSA) is 84.9 Å². The number of hydrogen-bond acceptors (Lipinski definition) is 4. The van der Waals surface area contributed by atoms with Gasteiger partial charge >= 0.3 is 5.97 Å². The van der Waals surface area contributed by atoms with Crippen molar-refractivity contribution in [3.63, 3.8) is 0 Å². The zero-order valence-electron chi connectivity index (χ0n) is 13.9. The molecule has 0 aromatic heterocycles. The summed E-state index contributed by atoms with van der Waals surface area (Å²) in [7, 11) is 0. The van der Waals surface area contributed by atoms with Crippen molar-refractivity contribution in [3.8, 4) is 5.75 Å². The van der Waals surface area contributed by atoms with Crippen molar-refractivity contribution < 1.29 is 24.2 Å². The van der Waals surface area contributed by atoms with Gasteiger partial charge in [-0.3, -0.25) is 4.79 Å². The van der Waals surface area contributed by atoms with Crippen LogP contribution in [0.25, 0.3) is 0 Å². The molecule has 0 spiro atoms. The number of ether oxygens (including phenoxy) is 2. The second-order valence-electron chi connectivity index (χ2n) is 5.49. The van der Waals surface area contributed by atoms with Gasteiger partial charge in [0.25, 0.3) is 5.91 Å². The van der Waals surface area contributed by atoms with Crippen molar-refractivity contribution in [2.75, 3.05) is 18.5 Å². The van der Waals surface area contributed by atoms with Gasteiger partial charge in [-0.15, -0.1) is 0 Å². The molecular formula is C17H25NO5. The van der Waals surface area contributed by atoms with Gasteiger partial charge in [0.15, 0.2) is 6.61 Å². The molecular weight excluding hydrogens is 298 g/mol. The Hall–Kier alpha value is -2.08. The van der Waals surface area contributed by atoms with E-state index in [1.54, 1.807) is 31.2 Å². The van der Waals surface area contributed by atoms with Crippen LogP contribution in [0.5, 0.6) is 5.75 Å². The number of carbonyl (C=O) groups excluding carboxylic acids is 1. The Morgan fingerprint density at radius 1 is 1.17 bits per heavy atom. The van der Waals surface area contributed by atoms with E-state index in [2.05, 4.69) is 5.32 Å². The third kappa shape index (κ3) is 6.28. The lowest BCUT2D eigenvalue weighted by Gasteiger charge is -2.28. The normalized spacial score (nSPS) is 13.2. The summed E-state index contributed by atoms with van der Waals surface area (Å²) in [5.41, 5.74) is -0.247. The highest BCUT2D eigenvalue weighted by Gasteiger charge is 2.33. The number of anilines is 1. The van der Waals surface area contributed by atoms with Crippen LogP contribution in [0.4, 0.5) is 5.69 Å². The number of hydrogen-bond donors (Lipinski definition) is 2. The summed E-state index contributed by atoms with van der Waals surface area (Å²) in [5.74, 6) is -0.790. The quantitative estimate of drug-likeness (QED) is 0.691. The van der Waals surface area contributed by atoms with Gasteiger partial charge in [-0.05, 0) is 44.0 Å². The highest BCUT2D eigenvalue weighted by molar-refractivity contribution is 5.97. The Balaban J connectivity index is 2.68. The minimum absolute atomic E-state index is 0.188. The van der Waals surface area contributed by atoms with E-state index in [1.807, 2.05) is 13.8 Å². The Bertz CT molecular complexity index is 514. The fraction of sp³-hybridized carbons (Fsp3) is 0.529. The molecule has 1 aromatic carbocycles. The van der Waals surface area contributed by atoms with Crippen LogP contribution >= 0.6 is 0 Å². The molecule has 0 heterocycles. The lowest BCUT2D eigenvalue weighted by Crippen LogP contribution is -2.43. The molecule has 128 valence electrons. The maximum absolute atomic E-state index is 12.5. The van der Waals surface area contributed by atoms with Crippen molar-refractivity contribution in [2.45, 2.75) is 45.6 Å². The van der Waals surface area contributed by atoms with E-state index < -0.39 is 18.2 Å². The second kappa shape index (κ2) is 9.15. The Morgan fingerprint density at radius 3 is 2.35 bits per heavy atom. The van der Waals surface area contributed by atoms with Crippen LogP contribution in [0.3, 0.4) is 0 Å². The van der Waals surface area contributed by atoms with E-state index in [9.17, 15) is 9.59 Å². The standard InChI is InChI=1S/C17H25NO5/c1-4-10-17(3,23-11-5-2)16(21)18-13-6-8-14(9-7-13)22-12-15(19)20/h6-9H,4-5,10-12H2,1-3H3,(H,18,21)(H,19,20)/t17-/m1/s1. The van der Waals surface area contributed by atoms with E-state index in [0.717, 1.165) is 12.8 Å². The predicted molar refractivity (Wildman–Crippen MR) is 87.8 cm³/mol. The lowest BCUT2D eigenvalue weighted by atomic mass is 9.99. The largest absolute Gasteiger partial charge is 0.482 e. The average Bonchev–Trinajstić information content (AvgIpc) is 2.52. The van der Waals surface area contributed by atoms with Crippen LogP contribution in [0.15, 0.2) is 24.3 Å². The van der Waals surface area contributed by atoms with Gasteiger partial charge in [0.2, 0.25) is 0 Å². The summed E-state index contributed by atoms with van der Waals surface area (Å²) in [6.07, 6.45) is 2.33. The zero-order valence-corrected chi connectivity index (χ0v) is 13.9. The molecule has 6 heteroatoms. The number of carbonyl (C=O) groups is 2. The van der Waals surface area contributed by atoms with Gasteiger partial charge < -0.3 is 19.9 Å². The zero-order chi connectivity index (χ0) is 17.3. The van der Waals surface area contributed by atoms with Crippen molar-refractivity contribution >= 4 is 17.6 Å². The fourth-order valence-corrected chi connectivity index (χ4v) is 2.10. The van der Waals surface area contributed by atoms with Crippen LogP contribution < -0.4 is 10.1 Å². The molecule has 0 saturated heterocycles. The van der Waals surface area contributed by atoms with Crippen molar-refractivity contribution in [2.24, 2.45) is 0 Å². The molecule has 23 heavy (non-hydrogen) atoms. The van der Waals surface area contributed by atoms with Crippen LogP contribution in [0.1, 0.15) is 40.0 Å². The molecule has 1 atom stereocenters. The highest BCUT2D eigenvalue weighted by Crippen LogP contribution is 2.22. The Morgan fingerprint density at radius 2 is 1.83 bits per heavy atom. The fourth-order valence-electron chi connectivity index (χ4n) is 2.10. The van der Waals surface area contributed by atoms with E-state index in [1.165, 1.54) is 0 Å². The van der Waals surface area contributed by atoms with E-state index in [0.29, 0.717) is 24.5 Å². The minimum atomic E-state index is -1.04. The molecule has 0 radical (unpaired) electrons. The molecule has 1 rings (SSSR count). The average molecular weight is 323 g/mol. The maximum atomic E-state index is 12.5. The lowest BCUT2D eigenvalue weighted by molar-refractivity contribution is -0.140. The molecule has 1 amide bonds. The Labute approximate surface area is 136 Å². The van der Waals surface area contributed by atoms with Gasteiger partial charge in [-0.2, -0.15) is 0 Å². The monoisotopic (exact) mass is 323 g/mol. The molecule has 0 unspecified atom stereocenters. The molecule has 1 aromatic rings. The first-order valence-electron chi connectivity index (χ1n) is 7.81. The summed E-state index contributed by atoms with van der Waals surface area (Å²) in [6, 6.07) is 6.56. The van der Waals surface area contributed by atoms with Crippen LogP contribution in [0, 0.1) is 0 Å². The number of aliphatic carboxylic acids is 1. The number of benzene rings is 1. The van der Waals surface area contributed by atoms with Gasteiger partial charge in [0.05, 0.1) is 0 Å². The molecule has 0 fully saturated rings. The first kappa shape index (κ1) is 19.0. The summed E-state index contributed by atoms with van der Waals surface area (Å²) in [4.78, 5) is 22.9. The van der Waals surface area contributed by atoms with Gasteiger partial charge in [-0.25, -0.2) is 4.79 Å². The molecule has 0 aliphatic rings. The van der Waals surface area contributed by atoms with Crippen LogP contribution in [-0.4, -0.2) is 35.8 Å². The molecule has 6 nitrogen and oxygen atoms in total. The molecule has 0 bridgehead atoms. The molecule has 0 aliphatic heterocycles. The smallest absolute Gasteiger partial charge is 0.341 e. The van der Waals surface area contributed by atoms with Gasteiger partial charge in [-0.1, -0.05) is 20.3 Å². The summed E-state index contributed by atoms with van der Waals surface area (Å²) in [5, 5.41) is 11.4.